The molecule has 94 valence electrons. The molecular weight excluding hydrogens is 244 g/mol. The molecule has 0 aliphatic heterocycles. The molecule has 2 aromatic rings. The topological polar surface area (TPSA) is 29.5 Å². The van der Waals surface area contributed by atoms with Gasteiger partial charge in [-0.25, -0.2) is 0 Å². The van der Waals surface area contributed by atoms with Gasteiger partial charge in [0.1, 0.15) is 11.5 Å². The van der Waals surface area contributed by atoms with Crippen LogP contribution < -0.4 is 4.74 Å². The van der Waals surface area contributed by atoms with Crippen molar-refractivity contribution in [1.82, 2.24) is 0 Å². The summed E-state index contributed by atoms with van der Waals surface area (Å²) in [7, 11) is 0. The number of hydrogen-bond acceptors (Lipinski definition) is 3. The van der Waals surface area contributed by atoms with Gasteiger partial charge in [0.2, 0.25) is 0 Å². The quantitative estimate of drug-likeness (QED) is 0.833. The van der Waals surface area contributed by atoms with Crippen LogP contribution in [0.1, 0.15) is 18.6 Å². The summed E-state index contributed by atoms with van der Waals surface area (Å²) in [5.41, 5.74) is 0.798. The van der Waals surface area contributed by atoms with E-state index in [0.717, 1.165) is 11.3 Å². The second kappa shape index (κ2) is 5.94. The van der Waals surface area contributed by atoms with E-state index < -0.39 is 6.10 Å². The Hall–Kier alpha value is -1.45. The second-order valence-corrected chi connectivity index (χ2v) is 4.87. The zero-order valence-corrected chi connectivity index (χ0v) is 11.3. The third kappa shape index (κ3) is 3.06. The van der Waals surface area contributed by atoms with Gasteiger partial charge in [-0.05, 0) is 43.5 Å². The van der Waals surface area contributed by atoms with Crippen LogP contribution in [-0.4, -0.2) is 11.4 Å². The maximum atomic E-state index is 9.68. The Balaban J connectivity index is 2.22. The molecule has 0 aromatic heterocycles. The van der Waals surface area contributed by atoms with Gasteiger partial charge in [-0.1, -0.05) is 18.2 Å². The van der Waals surface area contributed by atoms with E-state index in [9.17, 15) is 5.11 Å². The fourth-order valence-electron chi connectivity index (χ4n) is 1.69. The first kappa shape index (κ1) is 13.0. The summed E-state index contributed by atoms with van der Waals surface area (Å²) in [4.78, 5) is 1.20. The third-order valence-corrected chi connectivity index (χ3v) is 3.40. The average molecular weight is 260 g/mol. The molecule has 2 rings (SSSR count). The highest BCUT2D eigenvalue weighted by Crippen LogP contribution is 2.30. The van der Waals surface area contributed by atoms with Crippen molar-refractivity contribution in [1.29, 1.82) is 0 Å². The monoisotopic (exact) mass is 260 g/mol. The summed E-state index contributed by atoms with van der Waals surface area (Å²) in [6, 6.07) is 15.4. The summed E-state index contributed by atoms with van der Waals surface area (Å²) in [5.74, 6) is 1.48. The van der Waals surface area contributed by atoms with Gasteiger partial charge in [0.25, 0.3) is 0 Å². The molecule has 0 fully saturated rings. The lowest BCUT2D eigenvalue weighted by atomic mass is 10.1. The molecule has 0 saturated carbocycles. The Kier molecular flexibility index (Phi) is 4.28. The van der Waals surface area contributed by atoms with E-state index in [0.29, 0.717) is 5.75 Å². The predicted octanol–water partition coefficient (Wildman–Crippen LogP) is 4.25. The van der Waals surface area contributed by atoms with Crippen LogP contribution in [0, 0.1) is 0 Å². The average Bonchev–Trinajstić information content (AvgIpc) is 2.40. The number of thioether (sulfide) groups is 1. The summed E-state index contributed by atoms with van der Waals surface area (Å²) in [6.07, 6.45) is 1.50. The van der Waals surface area contributed by atoms with E-state index in [-0.39, 0.29) is 0 Å². The molecule has 2 aromatic carbocycles. The second-order valence-electron chi connectivity index (χ2n) is 3.99. The Bertz CT molecular complexity index is 506. The molecule has 2 nitrogen and oxygen atoms in total. The molecule has 18 heavy (non-hydrogen) atoms. The lowest BCUT2D eigenvalue weighted by Crippen LogP contribution is -1.95. The summed E-state index contributed by atoms with van der Waals surface area (Å²) < 4.78 is 5.80. The van der Waals surface area contributed by atoms with Gasteiger partial charge < -0.3 is 9.84 Å². The van der Waals surface area contributed by atoms with Crippen LogP contribution in [0.3, 0.4) is 0 Å². The normalized spacial score (nSPS) is 12.2. The van der Waals surface area contributed by atoms with Crippen LogP contribution in [0.2, 0.25) is 0 Å². The van der Waals surface area contributed by atoms with Gasteiger partial charge in [0, 0.05) is 10.5 Å². The predicted molar refractivity (Wildman–Crippen MR) is 75.4 cm³/mol. The highest BCUT2D eigenvalue weighted by molar-refractivity contribution is 7.98. The Morgan fingerprint density at radius 3 is 2.33 bits per heavy atom. The van der Waals surface area contributed by atoms with E-state index in [4.69, 9.17) is 4.74 Å². The van der Waals surface area contributed by atoms with Crippen molar-refractivity contribution in [2.75, 3.05) is 6.26 Å². The zero-order chi connectivity index (χ0) is 13.0. The van der Waals surface area contributed by atoms with E-state index in [1.807, 2.05) is 54.8 Å². The van der Waals surface area contributed by atoms with Gasteiger partial charge in [-0.2, -0.15) is 0 Å². The minimum absolute atomic E-state index is 0.535. The molecule has 0 heterocycles. The number of aliphatic hydroxyl groups excluding tert-OH is 1. The standard InChI is InChI=1S/C15H16O2S/c1-11(16)14-5-3-4-6-15(14)17-12-7-9-13(18-2)10-8-12/h3-11,16H,1-2H3/t11-/m1/s1. The van der Waals surface area contributed by atoms with Gasteiger partial charge in [0.15, 0.2) is 0 Å². The number of ether oxygens (including phenoxy) is 1. The first-order valence-electron chi connectivity index (χ1n) is 5.79. The minimum Gasteiger partial charge on any atom is -0.457 e. The lowest BCUT2D eigenvalue weighted by molar-refractivity contribution is 0.195. The van der Waals surface area contributed by atoms with Gasteiger partial charge in [-0.3, -0.25) is 0 Å². The van der Waals surface area contributed by atoms with E-state index >= 15 is 0 Å². The van der Waals surface area contributed by atoms with E-state index in [2.05, 4.69) is 0 Å². The van der Waals surface area contributed by atoms with Gasteiger partial charge in [-0.15, -0.1) is 11.8 Å². The van der Waals surface area contributed by atoms with Crippen LogP contribution in [0.25, 0.3) is 0 Å². The lowest BCUT2D eigenvalue weighted by Gasteiger charge is -2.13. The first-order valence-corrected chi connectivity index (χ1v) is 7.02. The number of rotatable bonds is 4. The molecule has 0 unspecified atom stereocenters. The maximum absolute atomic E-state index is 9.68. The minimum atomic E-state index is -0.535. The molecule has 0 aliphatic carbocycles. The molecule has 0 radical (unpaired) electrons. The number of hydrogen-bond donors (Lipinski definition) is 1. The molecular formula is C15H16O2S. The van der Waals surface area contributed by atoms with E-state index in [1.54, 1.807) is 18.7 Å². The van der Waals surface area contributed by atoms with Crippen molar-refractivity contribution in [3.05, 3.63) is 54.1 Å². The van der Waals surface area contributed by atoms with Crippen molar-refractivity contribution in [3.63, 3.8) is 0 Å². The third-order valence-electron chi connectivity index (χ3n) is 2.66. The Labute approximate surface area is 112 Å². The van der Waals surface area contributed by atoms with Crippen LogP contribution in [0.4, 0.5) is 0 Å². The number of benzene rings is 2. The molecule has 0 saturated heterocycles. The Morgan fingerprint density at radius 2 is 1.72 bits per heavy atom. The smallest absolute Gasteiger partial charge is 0.133 e. The summed E-state index contributed by atoms with van der Waals surface area (Å²) in [5, 5.41) is 9.68. The summed E-state index contributed by atoms with van der Waals surface area (Å²) in [6.45, 7) is 1.74. The van der Waals surface area contributed by atoms with Crippen molar-refractivity contribution in [2.45, 2.75) is 17.9 Å². The van der Waals surface area contributed by atoms with Crippen molar-refractivity contribution in [3.8, 4) is 11.5 Å². The fraction of sp³-hybridized carbons (Fsp3) is 0.200. The van der Waals surface area contributed by atoms with Crippen LogP contribution in [-0.2, 0) is 0 Å². The highest BCUT2D eigenvalue weighted by atomic mass is 32.2. The molecule has 1 atom stereocenters. The van der Waals surface area contributed by atoms with Gasteiger partial charge >= 0.3 is 0 Å². The molecule has 1 N–H and O–H groups in total. The van der Waals surface area contributed by atoms with Crippen LogP contribution in [0.15, 0.2) is 53.4 Å². The van der Waals surface area contributed by atoms with Gasteiger partial charge in [0.05, 0.1) is 6.10 Å². The highest BCUT2D eigenvalue weighted by Gasteiger charge is 2.08. The molecule has 0 spiro atoms. The van der Waals surface area contributed by atoms with Crippen LogP contribution >= 0.6 is 11.8 Å². The maximum Gasteiger partial charge on any atom is 0.133 e. The molecule has 0 amide bonds. The fourth-order valence-corrected chi connectivity index (χ4v) is 2.10. The van der Waals surface area contributed by atoms with Crippen LogP contribution in [0.5, 0.6) is 11.5 Å². The first-order chi connectivity index (χ1) is 8.70. The molecule has 0 aliphatic rings. The number of aliphatic hydroxyl groups is 1. The molecule has 3 heteroatoms. The summed E-state index contributed by atoms with van der Waals surface area (Å²) >= 11 is 1.70. The van der Waals surface area contributed by atoms with Crippen molar-refractivity contribution < 1.29 is 9.84 Å². The zero-order valence-electron chi connectivity index (χ0n) is 10.5. The van der Waals surface area contributed by atoms with Crippen molar-refractivity contribution in [2.24, 2.45) is 0 Å². The van der Waals surface area contributed by atoms with Crippen molar-refractivity contribution >= 4 is 11.8 Å². The Morgan fingerprint density at radius 1 is 1.06 bits per heavy atom. The largest absolute Gasteiger partial charge is 0.457 e. The van der Waals surface area contributed by atoms with E-state index in [1.165, 1.54) is 4.90 Å². The molecule has 0 bridgehead atoms. The SMILES string of the molecule is CSc1ccc(Oc2ccccc2[C@@H](C)O)cc1. The number of para-hydroxylation sites is 1.